The van der Waals surface area contributed by atoms with Crippen molar-refractivity contribution in [2.24, 2.45) is 0 Å². The fraction of sp³-hybridized carbons (Fsp3) is 0.0667. The SMILES string of the molecule is Cc1ccc(C(=C=C(C#N)C#N)C(=C=N)C#N)cc1. The van der Waals surface area contributed by atoms with E-state index in [1.165, 1.54) is 0 Å². The van der Waals surface area contributed by atoms with E-state index in [4.69, 9.17) is 21.2 Å². The zero-order valence-corrected chi connectivity index (χ0v) is 10.2. The Labute approximate surface area is 111 Å². The molecular weight excluding hydrogens is 236 g/mol. The topological polar surface area (TPSA) is 95.2 Å². The summed E-state index contributed by atoms with van der Waals surface area (Å²) in [5.41, 5.74) is 4.08. The summed E-state index contributed by atoms with van der Waals surface area (Å²) in [5.74, 6) is 1.99. The van der Waals surface area contributed by atoms with Crippen LogP contribution in [0.3, 0.4) is 0 Å². The molecule has 1 aromatic carbocycles. The Balaban J connectivity index is 3.66. The van der Waals surface area contributed by atoms with Crippen LogP contribution < -0.4 is 0 Å². The van der Waals surface area contributed by atoms with Gasteiger partial charge in [0.15, 0.2) is 5.57 Å². The molecule has 0 aliphatic heterocycles. The number of nitrogens with one attached hydrogen (secondary N) is 1. The Morgan fingerprint density at radius 3 is 2.00 bits per heavy atom. The third-order valence-corrected chi connectivity index (χ3v) is 2.30. The van der Waals surface area contributed by atoms with Gasteiger partial charge in [-0.1, -0.05) is 35.6 Å². The van der Waals surface area contributed by atoms with Gasteiger partial charge in [0.05, 0.1) is 5.57 Å². The predicted octanol–water partition coefficient (Wildman–Crippen LogP) is 2.65. The molecule has 0 saturated heterocycles. The van der Waals surface area contributed by atoms with Gasteiger partial charge in [0, 0.05) is 0 Å². The zero-order chi connectivity index (χ0) is 14.3. The Kier molecular flexibility index (Phi) is 4.63. The van der Waals surface area contributed by atoms with E-state index in [0.29, 0.717) is 5.56 Å². The molecule has 0 amide bonds. The largest absolute Gasteiger partial charge is 0.258 e. The van der Waals surface area contributed by atoms with Crippen molar-refractivity contribution in [1.82, 2.24) is 0 Å². The Morgan fingerprint density at radius 2 is 1.58 bits per heavy atom. The molecule has 0 atom stereocenters. The number of nitriles is 3. The fourth-order valence-electron chi connectivity index (χ4n) is 1.35. The minimum absolute atomic E-state index is 0.0770. The molecule has 0 aromatic heterocycles. The van der Waals surface area contributed by atoms with Gasteiger partial charge in [-0.05, 0) is 18.4 Å². The van der Waals surface area contributed by atoms with Crippen LogP contribution in [0.1, 0.15) is 11.1 Å². The minimum Gasteiger partial charge on any atom is -0.258 e. The molecule has 0 unspecified atom stereocenters. The van der Waals surface area contributed by atoms with E-state index in [-0.39, 0.29) is 16.7 Å². The molecule has 0 aliphatic rings. The average molecular weight is 244 g/mol. The quantitative estimate of drug-likeness (QED) is 0.375. The van der Waals surface area contributed by atoms with E-state index in [9.17, 15) is 0 Å². The molecule has 0 heterocycles. The smallest absolute Gasteiger partial charge is 0.172 e. The second kappa shape index (κ2) is 6.41. The van der Waals surface area contributed by atoms with Gasteiger partial charge in [0.2, 0.25) is 0 Å². The third-order valence-electron chi connectivity index (χ3n) is 2.30. The second-order valence-electron chi connectivity index (χ2n) is 3.58. The number of nitrogens with zero attached hydrogens (tertiary/aromatic N) is 3. The van der Waals surface area contributed by atoms with Gasteiger partial charge in [0.1, 0.15) is 23.8 Å². The van der Waals surface area contributed by atoms with Crippen molar-refractivity contribution in [2.45, 2.75) is 6.92 Å². The molecule has 19 heavy (non-hydrogen) atoms. The number of aryl methyl sites for hydroxylation is 1. The highest BCUT2D eigenvalue weighted by molar-refractivity contribution is 5.92. The van der Waals surface area contributed by atoms with Crippen LogP contribution in [0, 0.1) is 46.3 Å². The van der Waals surface area contributed by atoms with Gasteiger partial charge in [0.25, 0.3) is 0 Å². The lowest BCUT2D eigenvalue weighted by atomic mass is 9.98. The molecule has 0 saturated carbocycles. The van der Waals surface area contributed by atoms with Gasteiger partial charge in [-0.3, -0.25) is 5.41 Å². The number of benzene rings is 1. The van der Waals surface area contributed by atoms with E-state index in [1.54, 1.807) is 30.3 Å². The van der Waals surface area contributed by atoms with Crippen LogP contribution in [-0.4, -0.2) is 5.87 Å². The highest BCUT2D eigenvalue weighted by Crippen LogP contribution is 2.21. The maximum Gasteiger partial charge on any atom is 0.172 e. The second-order valence-corrected chi connectivity index (χ2v) is 3.58. The van der Waals surface area contributed by atoms with Gasteiger partial charge >= 0.3 is 0 Å². The Bertz CT molecular complexity index is 717. The molecule has 1 aromatic rings. The van der Waals surface area contributed by atoms with Crippen molar-refractivity contribution in [3.05, 3.63) is 52.3 Å². The number of hydrogen-bond donors (Lipinski definition) is 1. The summed E-state index contributed by atoms with van der Waals surface area (Å²) in [6.45, 7) is 1.91. The lowest BCUT2D eigenvalue weighted by Crippen LogP contribution is -1.89. The van der Waals surface area contributed by atoms with Gasteiger partial charge in [-0.25, -0.2) is 0 Å². The molecule has 0 bridgehead atoms. The summed E-state index contributed by atoms with van der Waals surface area (Å²) in [5, 5.41) is 33.6. The van der Waals surface area contributed by atoms with Crippen molar-refractivity contribution in [1.29, 1.82) is 21.2 Å². The van der Waals surface area contributed by atoms with Crippen LogP contribution in [-0.2, 0) is 0 Å². The monoisotopic (exact) mass is 244 g/mol. The molecule has 4 nitrogen and oxygen atoms in total. The summed E-state index contributed by atoms with van der Waals surface area (Å²) in [7, 11) is 0. The van der Waals surface area contributed by atoms with Gasteiger partial charge in [-0.2, -0.15) is 15.8 Å². The third kappa shape index (κ3) is 3.31. The maximum absolute atomic E-state index is 8.97. The van der Waals surface area contributed by atoms with Crippen LogP contribution in [0.5, 0.6) is 0 Å². The van der Waals surface area contributed by atoms with E-state index < -0.39 is 0 Å². The predicted molar refractivity (Wildman–Crippen MR) is 69.7 cm³/mol. The zero-order valence-electron chi connectivity index (χ0n) is 10.2. The Hall–Kier alpha value is -3.34. The molecule has 0 radical (unpaired) electrons. The van der Waals surface area contributed by atoms with E-state index in [1.807, 2.05) is 24.9 Å². The summed E-state index contributed by atoms with van der Waals surface area (Å²) in [6, 6.07) is 12.3. The summed E-state index contributed by atoms with van der Waals surface area (Å²) >= 11 is 0. The summed E-state index contributed by atoms with van der Waals surface area (Å²) < 4.78 is 0. The molecule has 0 aliphatic carbocycles. The average Bonchev–Trinajstić information content (AvgIpc) is 2.45. The molecule has 4 heteroatoms. The van der Waals surface area contributed by atoms with Gasteiger partial charge in [-0.15, -0.1) is 0 Å². The van der Waals surface area contributed by atoms with Crippen LogP contribution in [0.4, 0.5) is 0 Å². The van der Waals surface area contributed by atoms with Crippen LogP contribution >= 0.6 is 0 Å². The number of allylic oxidation sites excluding steroid dienone is 2. The van der Waals surface area contributed by atoms with E-state index in [2.05, 4.69) is 5.73 Å². The standard InChI is InChI=1S/C15H8N4/c1-11-2-4-13(5-3-11)15(14(9-18)10-19)6-12(7-16)8-17/h2-5,18H,1H3. The van der Waals surface area contributed by atoms with Crippen molar-refractivity contribution in [3.63, 3.8) is 0 Å². The van der Waals surface area contributed by atoms with E-state index >= 15 is 0 Å². The maximum atomic E-state index is 8.97. The minimum atomic E-state index is -0.251. The molecule has 88 valence electrons. The molecule has 0 fully saturated rings. The lowest BCUT2D eigenvalue weighted by Gasteiger charge is -2.02. The summed E-state index contributed by atoms with van der Waals surface area (Å²) in [6.07, 6.45) is 0. The first-order valence-corrected chi connectivity index (χ1v) is 5.24. The first-order chi connectivity index (χ1) is 9.15. The molecule has 1 rings (SSSR count). The van der Waals surface area contributed by atoms with Crippen LogP contribution in [0.25, 0.3) is 5.57 Å². The summed E-state index contributed by atoms with van der Waals surface area (Å²) in [4.78, 5) is 0. The normalized spacial score (nSPS) is 7.89. The number of hydrogen-bond acceptors (Lipinski definition) is 4. The first-order valence-electron chi connectivity index (χ1n) is 5.24. The first kappa shape index (κ1) is 13.7. The number of rotatable bonds is 2. The molecule has 0 spiro atoms. The van der Waals surface area contributed by atoms with Crippen molar-refractivity contribution >= 4 is 11.4 Å². The highest BCUT2D eigenvalue weighted by atomic mass is 14.3. The van der Waals surface area contributed by atoms with E-state index in [0.717, 1.165) is 5.56 Å². The van der Waals surface area contributed by atoms with Crippen molar-refractivity contribution in [3.8, 4) is 18.2 Å². The molecular formula is C15H8N4. The highest BCUT2D eigenvalue weighted by Gasteiger charge is 2.08. The molecule has 1 N–H and O–H groups in total. The lowest BCUT2D eigenvalue weighted by molar-refractivity contribution is 1.44. The van der Waals surface area contributed by atoms with Crippen molar-refractivity contribution in [2.75, 3.05) is 0 Å². The van der Waals surface area contributed by atoms with Crippen molar-refractivity contribution < 1.29 is 0 Å². The fourth-order valence-corrected chi connectivity index (χ4v) is 1.35. The van der Waals surface area contributed by atoms with Crippen LogP contribution in [0.2, 0.25) is 0 Å². The van der Waals surface area contributed by atoms with Crippen LogP contribution in [0.15, 0.2) is 41.1 Å². The Morgan fingerprint density at radius 1 is 1.00 bits per heavy atom. The van der Waals surface area contributed by atoms with Gasteiger partial charge < -0.3 is 0 Å².